The van der Waals surface area contributed by atoms with Crippen molar-refractivity contribution < 1.29 is 10.0 Å². The normalized spacial score (nSPS) is 30.5. The summed E-state index contributed by atoms with van der Waals surface area (Å²) in [7, 11) is 3.85. The van der Waals surface area contributed by atoms with Gasteiger partial charge in [0.2, 0.25) is 0 Å². The molecule has 2 bridgehead atoms. The Bertz CT molecular complexity index is 258. The SMILES string of the molecule is CN(C)NCC1CCC2CN1C(=O)N2O. The number of carbonyl (C=O) groups is 1. The number of nitrogens with one attached hydrogen (secondary N) is 1. The number of piperidine rings is 1. The van der Waals surface area contributed by atoms with Gasteiger partial charge in [0.1, 0.15) is 0 Å². The number of hydrogen-bond donors (Lipinski definition) is 2. The average Bonchev–Trinajstić information content (AvgIpc) is 2.43. The second-order valence-electron chi connectivity index (χ2n) is 4.42. The Hall–Kier alpha value is -0.850. The van der Waals surface area contributed by atoms with Crippen LogP contribution in [0, 0.1) is 0 Å². The number of rotatable bonds is 3. The predicted octanol–water partition coefficient (Wildman–Crippen LogP) is -0.290. The summed E-state index contributed by atoms with van der Waals surface area (Å²) in [6.07, 6.45) is 1.84. The van der Waals surface area contributed by atoms with Crippen molar-refractivity contribution in [1.29, 1.82) is 0 Å². The Morgan fingerprint density at radius 2 is 2.27 bits per heavy atom. The molecule has 6 heteroatoms. The summed E-state index contributed by atoms with van der Waals surface area (Å²) in [5, 5.41) is 12.2. The summed E-state index contributed by atoms with van der Waals surface area (Å²) >= 11 is 0. The molecule has 2 atom stereocenters. The van der Waals surface area contributed by atoms with E-state index in [2.05, 4.69) is 5.43 Å². The third-order valence-electron chi connectivity index (χ3n) is 3.11. The number of nitrogens with zero attached hydrogens (tertiary/aromatic N) is 3. The molecular formula is C9H18N4O2. The van der Waals surface area contributed by atoms with Gasteiger partial charge in [-0.2, -0.15) is 0 Å². The zero-order valence-electron chi connectivity index (χ0n) is 9.18. The van der Waals surface area contributed by atoms with Crippen molar-refractivity contribution in [3.8, 4) is 0 Å². The molecule has 0 spiro atoms. The lowest BCUT2D eigenvalue weighted by atomic mass is 10.0. The van der Waals surface area contributed by atoms with Crippen molar-refractivity contribution >= 4 is 6.03 Å². The minimum absolute atomic E-state index is 0.00751. The second-order valence-corrected chi connectivity index (χ2v) is 4.42. The molecule has 2 unspecified atom stereocenters. The van der Waals surface area contributed by atoms with Gasteiger partial charge in [-0.05, 0) is 12.8 Å². The molecule has 2 N–H and O–H groups in total. The van der Waals surface area contributed by atoms with Gasteiger partial charge < -0.3 is 4.90 Å². The average molecular weight is 214 g/mol. The highest BCUT2D eigenvalue weighted by Gasteiger charge is 2.43. The van der Waals surface area contributed by atoms with E-state index in [4.69, 9.17) is 0 Å². The molecule has 2 heterocycles. The van der Waals surface area contributed by atoms with Gasteiger partial charge in [0.25, 0.3) is 0 Å². The zero-order chi connectivity index (χ0) is 11.0. The molecule has 6 nitrogen and oxygen atoms in total. The van der Waals surface area contributed by atoms with Crippen LogP contribution in [-0.4, -0.2) is 65.5 Å². The second kappa shape index (κ2) is 3.96. The molecule has 0 aromatic heterocycles. The Morgan fingerprint density at radius 1 is 1.53 bits per heavy atom. The van der Waals surface area contributed by atoms with Crippen molar-refractivity contribution in [3.05, 3.63) is 0 Å². The molecule has 86 valence electrons. The molecule has 0 aliphatic carbocycles. The summed E-state index contributed by atoms with van der Waals surface area (Å²) in [6, 6.07) is -0.0375. The molecule has 0 aromatic rings. The first-order valence-electron chi connectivity index (χ1n) is 5.29. The van der Waals surface area contributed by atoms with Crippen LogP contribution in [0.1, 0.15) is 12.8 Å². The monoisotopic (exact) mass is 214 g/mol. The quantitative estimate of drug-likeness (QED) is 0.501. The van der Waals surface area contributed by atoms with Gasteiger partial charge in [0.15, 0.2) is 0 Å². The number of hydrazine groups is 1. The summed E-state index contributed by atoms with van der Waals surface area (Å²) in [6.45, 7) is 1.41. The van der Waals surface area contributed by atoms with Crippen LogP contribution in [0.4, 0.5) is 4.79 Å². The standard InChI is InChI=1S/C9H18N4O2/c1-11(2)10-5-7-3-4-8-6-12(7)9(14)13(8)15/h7-8,10,15H,3-6H2,1-2H3. The van der Waals surface area contributed by atoms with E-state index in [1.807, 2.05) is 19.1 Å². The molecule has 2 rings (SSSR count). The molecule has 2 saturated heterocycles. The first kappa shape index (κ1) is 10.7. The van der Waals surface area contributed by atoms with Gasteiger partial charge in [-0.1, -0.05) is 0 Å². The maximum atomic E-state index is 11.6. The van der Waals surface area contributed by atoms with Gasteiger partial charge >= 0.3 is 6.03 Å². The number of hydrogen-bond acceptors (Lipinski definition) is 4. The molecule has 2 fully saturated rings. The van der Waals surface area contributed by atoms with Crippen LogP contribution in [0.15, 0.2) is 0 Å². The van der Waals surface area contributed by atoms with Crippen molar-refractivity contribution in [2.45, 2.75) is 24.9 Å². The molecule has 15 heavy (non-hydrogen) atoms. The van der Waals surface area contributed by atoms with Crippen molar-refractivity contribution in [1.82, 2.24) is 20.4 Å². The topological polar surface area (TPSA) is 59.0 Å². The van der Waals surface area contributed by atoms with E-state index in [0.29, 0.717) is 6.54 Å². The molecular weight excluding hydrogens is 196 g/mol. The fourth-order valence-corrected chi connectivity index (χ4v) is 2.23. The van der Waals surface area contributed by atoms with Crippen molar-refractivity contribution in [2.24, 2.45) is 0 Å². The summed E-state index contributed by atoms with van der Waals surface area (Å²) in [5.41, 5.74) is 3.17. The van der Waals surface area contributed by atoms with E-state index in [1.165, 1.54) is 0 Å². The smallest absolute Gasteiger partial charge is 0.316 e. The lowest BCUT2D eigenvalue weighted by Gasteiger charge is -2.31. The van der Waals surface area contributed by atoms with Crippen molar-refractivity contribution in [3.63, 3.8) is 0 Å². The molecule has 0 aromatic carbocycles. The Morgan fingerprint density at radius 3 is 2.93 bits per heavy atom. The first-order chi connectivity index (χ1) is 7.09. The van der Waals surface area contributed by atoms with Gasteiger partial charge in [-0.25, -0.2) is 9.86 Å². The minimum atomic E-state index is -0.247. The van der Waals surface area contributed by atoms with Gasteiger partial charge in [-0.3, -0.25) is 15.6 Å². The number of fused-ring (bicyclic) bond motifs is 2. The molecule has 2 amide bonds. The highest BCUT2D eigenvalue weighted by molar-refractivity contribution is 5.76. The van der Waals surface area contributed by atoms with Crippen LogP contribution in [0.25, 0.3) is 0 Å². The predicted molar refractivity (Wildman–Crippen MR) is 54.2 cm³/mol. The number of hydroxylamine groups is 2. The van der Waals surface area contributed by atoms with E-state index in [-0.39, 0.29) is 18.1 Å². The molecule has 2 aliphatic rings. The van der Waals surface area contributed by atoms with Crippen molar-refractivity contribution in [2.75, 3.05) is 27.2 Å². The van der Waals surface area contributed by atoms with E-state index in [1.54, 1.807) is 4.90 Å². The highest BCUT2D eigenvalue weighted by Crippen LogP contribution is 2.27. The first-order valence-corrected chi connectivity index (χ1v) is 5.29. The van der Waals surface area contributed by atoms with Gasteiger partial charge in [0.05, 0.1) is 6.04 Å². The fourth-order valence-electron chi connectivity index (χ4n) is 2.23. The van der Waals surface area contributed by atoms with Gasteiger partial charge in [-0.15, -0.1) is 0 Å². The third-order valence-corrected chi connectivity index (χ3v) is 3.11. The van der Waals surface area contributed by atoms with Crippen LogP contribution in [0.3, 0.4) is 0 Å². The Balaban J connectivity index is 1.95. The number of urea groups is 1. The summed E-state index contributed by atoms with van der Waals surface area (Å²) < 4.78 is 0. The fraction of sp³-hybridized carbons (Fsp3) is 0.889. The van der Waals surface area contributed by atoms with Crippen LogP contribution in [0.2, 0.25) is 0 Å². The Kier molecular flexibility index (Phi) is 2.81. The van der Waals surface area contributed by atoms with Gasteiger partial charge in [0, 0.05) is 33.2 Å². The number of carbonyl (C=O) groups excluding carboxylic acids is 1. The van der Waals surface area contributed by atoms with Crippen LogP contribution in [-0.2, 0) is 0 Å². The third kappa shape index (κ3) is 1.92. The summed E-state index contributed by atoms with van der Waals surface area (Å²) in [4.78, 5) is 13.4. The van der Waals surface area contributed by atoms with Crippen LogP contribution < -0.4 is 5.43 Å². The van der Waals surface area contributed by atoms with Crippen LogP contribution >= 0.6 is 0 Å². The maximum Gasteiger partial charge on any atom is 0.344 e. The highest BCUT2D eigenvalue weighted by atomic mass is 16.5. The van der Waals surface area contributed by atoms with E-state index in [0.717, 1.165) is 24.4 Å². The van der Waals surface area contributed by atoms with E-state index < -0.39 is 0 Å². The molecule has 0 saturated carbocycles. The molecule has 2 aliphatic heterocycles. The maximum absolute atomic E-state index is 11.6. The Labute approximate surface area is 89.4 Å². The largest absolute Gasteiger partial charge is 0.344 e. The lowest BCUT2D eigenvalue weighted by molar-refractivity contribution is -0.0584. The minimum Gasteiger partial charge on any atom is -0.316 e. The number of amides is 2. The van der Waals surface area contributed by atoms with E-state index in [9.17, 15) is 10.0 Å². The lowest BCUT2D eigenvalue weighted by Crippen LogP contribution is -2.48. The summed E-state index contributed by atoms with van der Waals surface area (Å²) in [5.74, 6) is 0. The van der Waals surface area contributed by atoms with E-state index >= 15 is 0 Å². The molecule has 0 radical (unpaired) electrons. The van der Waals surface area contributed by atoms with Crippen LogP contribution in [0.5, 0.6) is 0 Å². The zero-order valence-corrected chi connectivity index (χ0v) is 9.18.